The molecule has 0 spiro atoms. The largest absolute Gasteiger partial charge is 0.354 e. The van der Waals surface area contributed by atoms with Crippen LogP contribution in [0.2, 0.25) is 0 Å². The van der Waals surface area contributed by atoms with Crippen LogP contribution in [-0.2, 0) is 4.79 Å². The number of nitrogens with one attached hydrogen (secondary N) is 2. The highest BCUT2D eigenvalue weighted by Crippen LogP contribution is 2.26. The molecule has 2 fully saturated rings. The van der Waals surface area contributed by atoms with E-state index in [2.05, 4.69) is 22.5 Å². The van der Waals surface area contributed by atoms with Crippen molar-refractivity contribution in [2.24, 2.45) is 5.92 Å². The summed E-state index contributed by atoms with van der Waals surface area (Å²) in [5.41, 5.74) is 1.15. The van der Waals surface area contributed by atoms with E-state index in [1.807, 2.05) is 12.1 Å². The lowest BCUT2D eigenvalue weighted by Crippen LogP contribution is -2.45. The Morgan fingerprint density at radius 1 is 1.32 bits per heavy atom. The quantitative estimate of drug-likeness (QED) is 0.838. The average Bonchev–Trinajstić information content (AvgIpc) is 3.15. The number of hydrogen-bond donors (Lipinski definition) is 2. The van der Waals surface area contributed by atoms with Gasteiger partial charge in [0.1, 0.15) is 5.82 Å². The summed E-state index contributed by atoms with van der Waals surface area (Å²) in [6.45, 7) is 5.93. The number of carbonyl (C=O) groups is 1. The molecule has 140 valence electrons. The molecule has 0 aromatic heterocycles. The van der Waals surface area contributed by atoms with Crippen molar-refractivity contribution in [2.75, 3.05) is 26.2 Å². The van der Waals surface area contributed by atoms with Gasteiger partial charge in [-0.2, -0.15) is 0 Å². The SMILES string of the molecule is CC(c1ccc(F)cc1)N1CCCC(CNC(=O)C2CCCN2)C1.Cl. The Labute approximate surface area is 156 Å². The van der Waals surface area contributed by atoms with Gasteiger partial charge in [-0.15, -0.1) is 12.4 Å². The van der Waals surface area contributed by atoms with Crippen LogP contribution in [0.4, 0.5) is 4.39 Å². The fourth-order valence-corrected chi connectivity index (χ4v) is 3.84. The molecule has 0 radical (unpaired) electrons. The van der Waals surface area contributed by atoms with Crippen molar-refractivity contribution in [3.05, 3.63) is 35.6 Å². The third-order valence-electron chi connectivity index (χ3n) is 5.39. The fourth-order valence-electron chi connectivity index (χ4n) is 3.84. The lowest BCUT2D eigenvalue weighted by Gasteiger charge is -2.37. The highest BCUT2D eigenvalue weighted by atomic mass is 35.5. The Bertz CT molecular complexity index is 548. The summed E-state index contributed by atoms with van der Waals surface area (Å²) in [6.07, 6.45) is 4.34. The molecule has 2 aliphatic heterocycles. The maximum Gasteiger partial charge on any atom is 0.237 e. The highest BCUT2D eigenvalue weighted by molar-refractivity contribution is 5.85. The molecule has 0 saturated carbocycles. The van der Waals surface area contributed by atoms with Crippen molar-refractivity contribution in [1.29, 1.82) is 0 Å². The molecule has 3 atom stereocenters. The molecule has 4 nitrogen and oxygen atoms in total. The number of carbonyl (C=O) groups excluding carboxylic acids is 1. The lowest BCUT2D eigenvalue weighted by molar-refractivity contribution is -0.123. The van der Waals surface area contributed by atoms with Crippen molar-refractivity contribution in [3.63, 3.8) is 0 Å². The second kappa shape index (κ2) is 9.51. The summed E-state index contributed by atoms with van der Waals surface area (Å²) in [4.78, 5) is 14.6. The Morgan fingerprint density at radius 3 is 2.76 bits per heavy atom. The summed E-state index contributed by atoms with van der Waals surface area (Å²) in [6, 6.07) is 7.08. The van der Waals surface area contributed by atoms with Gasteiger partial charge >= 0.3 is 0 Å². The number of benzene rings is 1. The first kappa shape index (κ1) is 20.1. The van der Waals surface area contributed by atoms with Crippen LogP contribution in [0, 0.1) is 11.7 Å². The summed E-state index contributed by atoms with van der Waals surface area (Å²) in [5.74, 6) is 0.453. The third kappa shape index (κ3) is 5.40. The molecular formula is C19H29ClFN3O. The van der Waals surface area contributed by atoms with Crippen LogP contribution in [0.1, 0.15) is 44.2 Å². The van der Waals surface area contributed by atoms with Crippen molar-refractivity contribution < 1.29 is 9.18 Å². The number of nitrogens with zero attached hydrogens (tertiary/aromatic N) is 1. The Morgan fingerprint density at radius 2 is 2.08 bits per heavy atom. The summed E-state index contributed by atoms with van der Waals surface area (Å²) >= 11 is 0. The predicted molar refractivity (Wildman–Crippen MR) is 100 cm³/mol. The van der Waals surface area contributed by atoms with Gasteiger partial charge in [-0.05, 0) is 69.3 Å². The van der Waals surface area contributed by atoms with E-state index in [1.54, 1.807) is 0 Å². The Hall–Kier alpha value is -1.17. The summed E-state index contributed by atoms with van der Waals surface area (Å²) in [7, 11) is 0. The number of amides is 1. The third-order valence-corrected chi connectivity index (χ3v) is 5.39. The van der Waals surface area contributed by atoms with Crippen LogP contribution in [-0.4, -0.2) is 43.0 Å². The van der Waals surface area contributed by atoms with Gasteiger partial charge in [0.25, 0.3) is 0 Å². The molecule has 0 bridgehead atoms. The van der Waals surface area contributed by atoms with Crippen LogP contribution in [0.25, 0.3) is 0 Å². The van der Waals surface area contributed by atoms with Gasteiger partial charge < -0.3 is 10.6 Å². The van der Waals surface area contributed by atoms with Crippen molar-refractivity contribution in [2.45, 2.75) is 44.7 Å². The van der Waals surface area contributed by atoms with Crippen molar-refractivity contribution in [1.82, 2.24) is 15.5 Å². The van der Waals surface area contributed by atoms with Crippen LogP contribution >= 0.6 is 12.4 Å². The molecule has 25 heavy (non-hydrogen) atoms. The molecule has 1 aromatic rings. The van der Waals surface area contributed by atoms with E-state index < -0.39 is 0 Å². The van der Waals surface area contributed by atoms with E-state index in [4.69, 9.17) is 0 Å². The number of rotatable bonds is 5. The summed E-state index contributed by atoms with van der Waals surface area (Å²) in [5, 5.41) is 6.37. The first-order valence-electron chi connectivity index (χ1n) is 9.14. The molecule has 2 aliphatic rings. The van der Waals surface area contributed by atoms with Crippen LogP contribution in [0.5, 0.6) is 0 Å². The first-order chi connectivity index (χ1) is 11.6. The van der Waals surface area contributed by atoms with Gasteiger partial charge in [0.15, 0.2) is 0 Å². The van der Waals surface area contributed by atoms with Crippen LogP contribution < -0.4 is 10.6 Å². The highest BCUT2D eigenvalue weighted by Gasteiger charge is 2.26. The molecule has 3 unspecified atom stereocenters. The first-order valence-corrected chi connectivity index (χ1v) is 9.14. The molecular weight excluding hydrogens is 341 g/mol. The second-order valence-electron chi connectivity index (χ2n) is 7.12. The van der Waals surface area contributed by atoms with E-state index in [1.165, 1.54) is 12.1 Å². The van der Waals surface area contributed by atoms with Crippen LogP contribution in [0.3, 0.4) is 0 Å². The maximum atomic E-state index is 13.1. The topological polar surface area (TPSA) is 44.4 Å². The minimum Gasteiger partial charge on any atom is -0.354 e. The second-order valence-corrected chi connectivity index (χ2v) is 7.12. The molecule has 3 rings (SSSR count). The number of halogens is 2. The van der Waals surface area contributed by atoms with Gasteiger partial charge in [-0.25, -0.2) is 4.39 Å². The standard InChI is InChI=1S/C19H28FN3O.ClH/c1-14(16-6-8-17(20)9-7-16)23-11-3-4-15(13-23)12-22-19(24)18-5-2-10-21-18;/h6-9,14-15,18,21H,2-5,10-13H2,1H3,(H,22,24);1H. The maximum absolute atomic E-state index is 13.1. The van der Waals surface area contributed by atoms with Gasteiger partial charge in [-0.1, -0.05) is 12.1 Å². The minimum atomic E-state index is -0.189. The molecule has 2 N–H and O–H groups in total. The van der Waals surface area contributed by atoms with Gasteiger partial charge in [-0.3, -0.25) is 9.69 Å². The predicted octanol–water partition coefficient (Wildman–Crippen LogP) is 2.89. The van der Waals surface area contributed by atoms with Gasteiger partial charge in [0, 0.05) is 19.1 Å². The molecule has 2 saturated heterocycles. The van der Waals surface area contributed by atoms with E-state index in [0.29, 0.717) is 5.92 Å². The average molecular weight is 370 g/mol. The lowest BCUT2D eigenvalue weighted by atomic mass is 9.95. The monoisotopic (exact) mass is 369 g/mol. The van der Waals surface area contributed by atoms with Crippen molar-refractivity contribution in [3.8, 4) is 0 Å². The van der Waals surface area contributed by atoms with Gasteiger partial charge in [0.05, 0.1) is 6.04 Å². The van der Waals surface area contributed by atoms with E-state index in [-0.39, 0.29) is 36.2 Å². The number of hydrogen-bond acceptors (Lipinski definition) is 3. The molecule has 1 aromatic carbocycles. The van der Waals surface area contributed by atoms with Crippen LogP contribution in [0.15, 0.2) is 24.3 Å². The Balaban J connectivity index is 0.00000225. The van der Waals surface area contributed by atoms with E-state index >= 15 is 0 Å². The number of piperidine rings is 1. The molecule has 2 heterocycles. The van der Waals surface area contributed by atoms with E-state index in [0.717, 1.165) is 57.4 Å². The smallest absolute Gasteiger partial charge is 0.237 e. The molecule has 0 aliphatic carbocycles. The molecule has 6 heteroatoms. The van der Waals surface area contributed by atoms with Gasteiger partial charge in [0.2, 0.25) is 5.91 Å². The minimum absolute atomic E-state index is 0. The Kier molecular flexibility index (Phi) is 7.66. The fraction of sp³-hybridized carbons (Fsp3) is 0.632. The van der Waals surface area contributed by atoms with E-state index in [9.17, 15) is 9.18 Å². The zero-order valence-corrected chi connectivity index (χ0v) is 15.7. The zero-order valence-electron chi connectivity index (χ0n) is 14.8. The number of likely N-dealkylation sites (tertiary alicyclic amines) is 1. The summed E-state index contributed by atoms with van der Waals surface area (Å²) < 4.78 is 13.1. The van der Waals surface area contributed by atoms with Crippen molar-refractivity contribution >= 4 is 18.3 Å². The molecule has 1 amide bonds. The zero-order chi connectivity index (χ0) is 16.9. The normalized spacial score (nSPS) is 25.2.